The predicted octanol–water partition coefficient (Wildman–Crippen LogP) is 3.94. The molecular weight excluding hydrogens is 274 g/mol. The third-order valence-electron chi connectivity index (χ3n) is 2.93. The summed E-state index contributed by atoms with van der Waals surface area (Å²) >= 11 is 6.06. The first-order chi connectivity index (χ1) is 9.70. The van der Waals surface area contributed by atoms with Crippen LogP contribution in [0.1, 0.15) is 12.5 Å². The SMILES string of the molecule is CCc1cc(OCCOc2ccccc2N)ccc1Cl. The zero-order chi connectivity index (χ0) is 14.4. The Bertz CT molecular complexity index is 572. The van der Waals surface area contributed by atoms with E-state index in [0.717, 1.165) is 22.8 Å². The third-order valence-corrected chi connectivity index (χ3v) is 3.30. The van der Waals surface area contributed by atoms with Gasteiger partial charge in [-0.2, -0.15) is 0 Å². The molecule has 3 nitrogen and oxygen atoms in total. The van der Waals surface area contributed by atoms with E-state index in [-0.39, 0.29) is 0 Å². The van der Waals surface area contributed by atoms with Gasteiger partial charge in [0.05, 0.1) is 5.69 Å². The van der Waals surface area contributed by atoms with E-state index >= 15 is 0 Å². The maximum atomic E-state index is 6.06. The normalized spacial score (nSPS) is 10.3. The topological polar surface area (TPSA) is 44.5 Å². The molecule has 0 spiro atoms. The minimum Gasteiger partial charge on any atom is -0.490 e. The van der Waals surface area contributed by atoms with Crippen molar-refractivity contribution in [2.24, 2.45) is 0 Å². The molecule has 2 aromatic carbocycles. The van der Waals surface area contributed by atoms with Crippen molar-refractivity contribution < 1.29 is 9.47 Å². The molecule has 2 rings (SSSR count). The number of rotatable bonds is 6. The van der Waals surface area contributed by atoms with Gasteiger partial charge in [-0.15, -0.1) is 0 Å². The Kier molecular flexibility index (Phi) is 5.13. The number of halogens is 1. The lowest BCUT2D eigenvalue weighted by molar-refractivity contribution is 0.218. The molecule has 0 aliphatic heterocycles. The molecule has 0 saturated heterocycles. The fourth-order valence-electron chi connectivity index (χ4n) is 1.83. The summed E-state index contributed by atoms with van der Waals surface area (Å²) in [5.74, 6) is 1.48. The molecule has 2 aromatic rings. The second kappa shape index (κ2) is 7.06. The van der Waals surface area contributed by atoms with Crippen molar-refractivity contribution >= 4 is 17.3 Å². The van der Waals surface area contributed by atoms with Gasteiger partial charge in [0.2, 0.25) is 0 Å². The van der Waals surface area contributed by atoms with Gasteiger partial charge >= 0.3 is 0 Å². The van der Waals surface area contributed by atoms with Crippen LogP contribution in [0.5, 0.6) is 11.5 Å². The van der Waals surface area contributed by atoms with Crippen LogP contribution >= 0.6 is 11.6 Å². The lowest BCUT2D eigenvalue weighted by atomic mass is 10.1. The van der Waals surface area contributed by atoms with Gasteiger partial charge in [0.15, 0.2) is 0 Å². The molecule has 0 amide bonds. The molecule has 20 heavy (non-hydrogen) atoms. The minimum atomic E-state index is 0.443. The van der Waals surface area contributed by atoms with Crippen molar-refractivity contribution in [3.05, 3.63) is 53.1 Å². The van der Waals surface area contributed by atoms with Gasteiger partial charge in [-0.3, -0.25) is 0 Å². The first kappa shape index (κ1) is 14.5. The molecule has 0 heterocycles. The van der Waals surface area contributed by atoms with Crippen LogP contribution in [0.3, 0.4) is 0 Å². The molecule has 0 aliphatic rings. The van der Waals surface area contributed by atoms with E-state index in [9.17, 15) is 0 Å². The van der Waals surface area contributed by atoms with E-state index < -0.39 is 0 Å². The number of benzene rings is 2. The lowest BCUT2D eigenvalue weighted by Crippen LogP contribution is -2.10. The summed E-state index contributed by atoms with van der Waals surface area (Å²) in [6.45, 7) is 2.96. The first-order valence-corrected chi connectivity index (χ1v) is 6.97. The highest BCUT2D eigenvalue weighted by molar-refractivity contribution is 6.31. The van der Waals surface area contributed by atoms with Crippen LogP contribution in [0.2, 0.25) is 5.02 Å². The van der Waals surface area contributed by atoms with Crippen molar-refractivity contribution in [3.63, 3.8) is 0 Å². The number of aryl methyl sites for hydroxylation is 1. The van der Waals surface area contributed by atoms with Crippen molar-refractivity contribution in [2.75, 3.05) is 18.9 Å². The molecule has 0 bridgehead atoms. The van der Waals surface area contributed by atoms with E-state index in [1.54, 1.807) is 0 Å². The van der Waals surface area contributed by atoms with Crippen molar-refractivity contribution in [1.29, 1.82) is 0 Å². The molecule has 106 valence electrons. The van der Waals surface area contributed by atoms with E-state index in [2.05, 4.69) is 6.92 Å². The molecule has 0 radical (unpaired) electrons. The molecule has 0 atom stereocenters. The van der Waals surface area contributed by atoms with Gasteiger partial charge < -0.3 is 15.2 Å². The monoisotopic (exact) mass is 291 g/mol. The maximum Gasteiger partial charge on any atom is 0.142 e. The molecule has 0 aliphatic carbocycles. The Balaban J connectivity index is 1.83. The zero-order valence-electron chi connectivity index (χ0n) is 11.4. The molecule has 0 fully saturated rings. The van der Waals surface area contributed by atoms with Gasteiger partial charge in [0, 0.05) is 5.02 Å². The summed E-state index contributed by atoms with van der Waals surface area (Å²) in [5.41, 5.74) is 7.50. The van der Waals surface area contributed by atoms with Gasteiger partial charge in [0.1, 0.15) is 24.7 Å². The second-order valence-electron chi connectivity index (χ2n) is 4.34. The number of nitrogen functional groups attached to an aromatic ring is 1. The molecule has 0 unspecified atom stereocenters. The van der Waals surface area contributed by atoms with Crippen LogP contribution in [0.25, 0.3) is 0 Å². The summed E-state index contributed by atoms with van der Waals surface area (Å²) in [6.07, 6.45) is 0.882. The Morgan fingerprint density at radius 3 is 2.55 bits per heavy atom. The number of para-hydroxylation sites is 2. The Morgan fingerprint density at radius 2 is 1.80 bits per heavy atom. The van der Waals surface area contributed by atoms with Gasteiger partial charge in [-0.25, -0.2) is 0 Å². The highest BCUT2D eigenvalue weighted by Crippen LogP contribution is 2.23. The summed E-state index contributed by atoms with van der Waals surface area (Å²) in [5, 5.41) is 0.771. The Hall–Kier alpha value is -1.87. The first-order valence-electron chi connectivity index (χ1n) is 6.59. The van der Waals surface area contributed by atoms with Gasteiger partial charge in [0.25, 0.3) is 0 Å². The van der Waals surface area contributed by atoms with Crippen LogP contribution < -0.4 is 15.2 Å². The van der Waals surface area contributed by atoms with Gasteiger partial charge in [-0.1, -0.05) is 30.7 Å². The molecule has 4 heteroatoms. The Labute approximate surface area is 124 Å². The number of ether oxygens (including phenoxy) is 2. The molecule has 0 aromatic heterocycles. The highest BCUT2D eigenvalue weighted by atomic mass is 35.5. The summed E-state index contributed by atoms with van der Waals surface area (Å²) in [7, 11) is 0. The zero-order valence-corrected chi connectivity index (χ0v) is 12.2. The van der Waals surface area contributed by atoms with E-state index in [4.69, 9.17) is 26.8 Å². The maximum absolute atomic E-state index is 6.06. The van der Waals surface area contributed by atoms with Crippen LogP contribution in [0, 0.1) is 0 Å². The van der Waals surface area contributed by atoms with Crippen molar-refractivity contribution in [2.45, 2.75) is 13.3 Å². The average Bonchev–Trinajstić information content (AvgIpc) is 2.47. The number of anilines is 1. The highest BCUT2D eigenvalue weighted by Gasteiger charge is 2.02. The standard InChI is InChI=1S/C16H18ClNO2/c1-2-12-11-13(7-8-14(12)17)19-9-10-20-16-6-4-3-5-15(16)18/h3-8,11H,2,9-10,18H2,1H3. The van der Waals surface area contributed by atoms with Crippen LogP contribution in [0.4, 0.5) is 5.69 Å². The number of hydrogen-bond acceptors (Lipinski definition) is 3. The van der Waals surface area contributed by atoms with Crippen LogP contribution in [-0.4, -0.2) is 13.2 Å². The molecule has 2 N–H and O–H groups in total. The summed E-state index contributed by atoms with van der Waals surface area (Å²) in [4.78, 5) is 0. The second-order valence-corrected chi connectivity index (χ2v) is 4.75. The fraction of sp³-hybridized carbons (Fsp3) is 0.250. The predicted molar refractivity (Wildman–Crippen MR) is 82.7 cm³/mol. The minimum absolute atomic E-state index is 0.443. The lowest BCUT2D eigenvalue weighted by Gasteiger charge is -2.11. The molecular formula is C16H18ClNO2. The average molecular weight is 292 g/mol. The van der Waals surface area contributed by atoms with Crippen molar-refractivity contribution in [3.8, 4) is 11.5 Å². The number of nitrogens with two attached hydrogens (primary N) is 1. The summed E-state index contributed by atoms with van der Waals surface area (Å²) < 4.78 is 11.2. The van der Waals surface area contributed by atoms with Gasteiger partial charge in [-0.05, 0) is 42.3 Å². The molecule has 0 saturated carbocycles. The van der Waals surface area contributed by atoms with Crippen molar-refractivity contribution in [1.82, 2.24) is 0 Å². The fourth-order valence-corrected chi connectivity index (χ4v) is 2.09. The van der Waals surface area contributed by atoms with Crippen LogP contribution in [-0.2, 0) is 6.42 Å². The van der Waals surface area contributed by atoms with E-state index in [1.165, 1.54) is 0 Å². The quantitative estimate of drug-likeness (QED) is 0.647. The largest absolute Gasteiger partial charge is 0.490 e. The number of hydrogen-bond donors (Lipinski definition) is 1. The third kappa shape index (κ3) is 3.81. The van der Waals surface area contributed by atoms with Crippen LogP contribution in [0.15, 0.2) is 42.5 Å². The smallest absolute Gasteiger partial charge is 0.142 e. The van der Waals surface area contributed by atoms with E-state index in [1.807, 2.05) is 42.5 Å². The van der Waals surface area contributed by atoms with E-state index in [0.29, 0.717) is 24.7 Å². The summed E-state index contributed by atoms with van der Waals surface area (Å²) in [6, 6.07) is 13.1. The Morgan fingerprint density at radius 1 is 1.05 bits per heavy atom.